The van der Waals surface area contributed by atoms with Gasteiger partial charge in [0.25, 0.3) is 0 Å². The summed E-state index contributed by atoms with van der Waals surface area (Å²) in [4.78, 5) is 16.1. The van der Waals surface area contributed by atoms with Crippen molar-refractivity contribution < 1.29 is 17.9 Å². The van der Waals surface area contributed by atoms with Crippen molar-refractivity contribution in [2.45, 2.75) is 6.04 Å². The summed E-state index contributed by atoms with van der Waals surface area (Å²) in [5.74, 6) is 0.566. The molecule has 0 spiro atoms. The number of ether oxygens (including phenoxy) is 1. The second-order valence-corrected chi connectivity index (χ2v) is 7.50. The van der Waals surface area contributed by atoms with E-state index >= 15 is 0 Å². The van der Waals surface area contributed by atoms with Gasteiger partial charge >= 0.3 is 0 Å². The molecule has 0 radical (unpaired) electrons. The van der Waals surface area contributed by atoms with E-state index in [1.54, 1.807) is 12.0 Å². The molecule has 2 rings (SSSR count). The third-order valence-electron chi connectivity index (χ3n) is 3.98. The van der Waals surface area contributed by atoms with Gasteiger partial charge in [-0.3, -0.25) is 9.69 Å². The number of rotatable bonds is 5. The standard InChI is InChI=1S/C15H23N3O4S/c1-17-8-9-18(15(19)10-16-23(3,20)21)11-13(17)12-6-4-5-7-14(12)22-2/h4-7,13,16H,8-11H2,1-3H3/t13-/m1/s1. The highest BCUT2D eigenvalue weighted by Crippen LogP contribution is 2.31. The Morgan fingerprint density at radius 2 is 2.04 bits per heavy atom. The van der Waals surface area contributed by atoms with Crippen molar-refractivity contribution in [2.24, 2.45) is 0 Å². The van der Waals surface area contributed by atoms with Crippen LogP contribution in [0.4, 0.5) is 0 Å². The van der Waals surface area contributed by atoms with Gasteiger partial charge in [0.15, 0.2) is 0 Å². The number of piperazine rings is 1. The smallest absolute Gasteiger partial charge is 0.237 e. The van der Waals surface area contributed by atoms with E-state index in [0.29, 0.717) is 19.6 Å². The molecule has 1 aliphatic rings. The van der Waals surface area contributed by atoms with Crippen molar-refractivity contribution in [3.05, 3.63) is 29.8 Å². The van der Waals surface area contributed by atoms with E-state index in [0.717, 1.165) is 17.6 Å². The van der Waals surface area contributed by atoms with E-state index in [1.807, 2.05) is 31.3 Å². The predicted molar refractivity (Wildman–Crippen MR) is 87.8 cm³/mol. The fraction of sp³-hybridized carbons (Fsp3) is 0.533. The van der Waals surface area contributed by atoms with Gasteiger partial charge in [-0.25, -0.2) is 13.1 Å². The van der Waals surface area contributed by atoms with E-state index in [9.17, 15) is 13.2 Å². The number of amides is 1. The molecule has 1 fully saturated rings. The Morgan fingerprint density at radius 3 is 2.70 bits per heavy atom. The number of sulfonamides is 1. The van der Waals surface area contributed by atoms with Crippen molar-refractivity contribution in [1.82, 2.24) is 14.5 Å². The fourth-order valence-corrected chi connectivity index (χ4v) is 3.07. The SMILES string of the molecule is COc1ccccc1[C@H]1CN(C(=O)CNS(C)(=O)=O)CCN1C. The lowest BCUT2D eigenvalue weighted by Gasteiger charge is -2.40. The van der Waals surface area contributed by atoms with Gasteiger partial charge in [0.05, 0.1) is 26.0 Å². The summed E-state index contributed by atoms with van der Waals surface area (Å²) in [7, 11) is 0.260. The summed E-state index contributed by atoms with van der Waals surface area (Å²) < 4.78 is 29.9. The van der Waals surface area contributed by atoms with Gasteiger partial charge in [-0.1, -0.05) is 18.2 Å². The first-order chi connectivity index (χ1) is 10.8. The highest BCUT2D eigenvalue weighted by molar-refractivity contribution is 7.88. The van der Waals surface area contributed by atoms with Gasteiger partial charge in [0, 0.05) is 25.2 Å². The normalized spacial score (nSPS) is 19.6. The molecule has 1 N–H and O–H groups in total. The Kier molecular flexibility index (Phi) is 5.61. The molecule has 1 atom stereocenters. The third-order valence-corrected chi connectivity index (χ3v) is 4.65. The van der Waals surface area contributed by atoms with E-state index in [-0.39, 0.29) is 18.5 Å². The minimum atomic E-state index is -3.37. The number of likely N-dealkylation sites (N-methyl/N-ethyl adjacent to an activating group) is 1. The predicted octanol–water partition coefficient (Wildman–Crippen LogP) is 0.0595. The first kappa shape index (κ1) is 17.7. The maximum Gasteiger partial charge on any atom is 0.237 e. The van der Waals surface area contributed by atoms with Gasteiger partial charge in [-0.05, 0) is 13.1 Å². The Morgan fingerprint density at radius 1 is 1.35 bits per heavy atom. The van der Waals surface area contributed by atoms with E-state index < -0.39 is 10.0 Å². The van der Waals surface area contributed by atoms with Crippen LogP contribution in [0.25, 0.3) is 0 Å². The van der Waals surface area contributed by atoms with Crippen LogP contribution in [0.5, 0.6) is 5.75 Å². The van der Waals surface area contributed by atoms with Crippen LogP contribution in [-0.2, 0) is 14.8 Å². The molecule has 0 aliphatic carbocycles. The van der Waals surface area contributed by atoms with Crippen molar-refractivity contribution >= 4 is 15.9 Å². The summed E-state index contributed by atoms with van der Waals surface area (Å²) in [5.41, 5.74) is 1.02. The minimum Gasteiger partial charge on any atom is -0.496 e. The molecule has 0 unspecified atom stereocenters. The van der Waals surface area contributed by atoms with Crippen LogP contribution in [-0.4, -0.2) is 70.7 Å². The first-order valence-electron chi connectivity index (χ1n) is 7.37. The van der Waals surface area contributed by atoms with E-state index in [4.69, 9.17) is 4.74 Å². The average molecular weight is 341 g/mol. The monoisotopic (exact) mass is 341 g/mol. The molecule has 0 bridgehead atoms. The molecule has 1 amide bonds. The molecular weight excluding hydrogens is 318 g/mol. The molecule has 1 aromatic rings. The fourth-order valence-electron chi connectivity index (χ4n) is 2.68. The zero-order valence-corrected chi connectivity index (χ0v) is 14.5. The summed E-state index contributed by atoms with van der Waals surface area (Å²) in [6, 6.07) is 7.75. The maximum absolute atomic E-state index is 12.2. The Bertz CT molecular complexity index is 662. The van der Waals surface area contributed by atoms with Crippen molar-refractivity contribution in [1.29, 1.82) is 0 Å². The van der Waals surface area contributed by atoms with Gasteiger partial charge in [-0.2, -0.15) is 0 Å². The van der Waals surface area contributed by atoms with Crippen molar-refractivity contribution in [3.8, 4) is 5.75 Å². The molecule has 128 valence electrons. The lowest BCUT2D eigenvalue weighted by atomic mass is 10.0. The zero-order chi connectivity index (χ0) is 17.0. The Balaban J connectivity index is 2.11. The number of benzene rings is 1. The van der Waals surface area contributed by atoms with Crippen molar-refractivity contribution in [2.75, 3.05) is 46.6 Å². The first-order valence-corrected chi connectivity index (χ1v) is 9.26. The van der Waals surface area contributed by atoms with Crippen LogP contribution >= 0.6 is 0 Å². The Labute approximate surface area is 137 Å². The lowest BCUT2D eigenvalue weighted by Crippen LogP contribution is -2.51. The van der Waals surface area contributed by atoms with Gasteiger partial charge in [-0.15, -0.1) is 0 Å². The van der Waals surface area contributed by atoms with E-state index in [1.165, 1.54) is 0 Å². The number of para-hydroxylation sites is 1. The molecule has 1 aliphatic heterocycles. The number of carbonyl (C=O) groups excluding carboxylic acids is 1. The summed E-state index contributed by atoms with van der Waals surface area (Å²) in [6.45, 7) is 1.59. The molecule has 8 heteroatoms. The molecule has 0 saturated carbocycles. The highest BCUT2D eigenvalue weighted by Gasteiger charge is 2.30. The van der Waals surface area contributed by atoms with Crippen LogP contribution in [0.2, 0.25) is 0 Å². The lowest BCUT2D eigenvalue weighted by molar-refractivity contribution is -0.132. The number of carbonyl (C=O) groups is 1. The maximum atomic E-state index is 12.2. The largest absolute Gasteiger partial charge is 0.496 e. The average Bonchev–Trinajstić information content (AvgIpc) is 2.52. The third kappa shape index (κ3) is 4.66. The van der Waals surface area contributed by atoms with Crippen molar-refractivity contribution in [3.63, 3.8) is 0 Å². The zero-order valence-electron chi connectivity index (χ0n) is 13.7. The Hall–Kier alpha value is -1.64. The van der Waals surface area contributed by atoms with Crippen LogP contribution in [0.3, 0.4) is 0 Å². The summed E-state index contributed by atoms with van der Waals surface area (Å²) >= 11 is 0. The number of methoxy groups -OCH3 is 1. The number of nitrogens with zero attached hydrogens (tertiary/aromatic N) is 2. The van der Waals surface area contributed by atoms with Gasteiger partial charge < -0.3 is 9.64 Å². The van der Waals surface area contributed by atoms with Gasteiger partial charge in [0.1, 0.15) is 5.75 Å². The molecular formula is C15H23N3O4S. The second-order valence-electron chi connectivity index (χ2n) is 5.67. The van der Waals surface area contributed by atoms with Gasteiger partial charge in [0.2, 0.25) is 15.9 Å². The molecule has 23 heavy (non-hydrogen) atoms. The second kappa shape index (κ2) is 7.29. The highest BCUT2D eigenvalue weighted by atomic mass is 32.2. The molecule has 7 nitrogen and oxygen atoms in total. The van der Waals surface area contributed by atoms with E-state index in [2.05, 4.69) is 9.62 Å². The molecule has 1 heterocycles. The number of hydrogen-bond donors (Lipinski definition) is 1. The minimum absolute atomic E-state index is 0.0158. The van der Waals surface area contributed by atoms with Crippen LogP contribution in [0, 0.1) is 0 Å². The molecule has 1 saturated heterocycles. The summed E-state index contributed by atoms with van der Waals surface area (Å²) in [6.07, 6.45) is 1.04. The number of hydrogen-bond acceptors (Lipinski definition) is 5. The van der Waals surface area contributed by atoms with Crippen LogP contribution < -0.4 is 9.46 Å². The number of nitrogens with one attached hydrogen (secondary N) is 1. The summed E-state index contributed by atoms with van der Waals surface area (Å²) in [5, 5.41) is 0. The topological polar surface area (TPSA) is 79.0 Å². The molecule has 0 aromatic heterocycles. The van der Waals surface area contributed by atoms with Crippen LogP contribution in [0.15, 0.2) is 24.3 Å². The molecule has 1 aromatic carbocycles. The quantitative estimate of drug-likeness (QED) is 0.819. The van der Waals surface area contributed by atoms with Crippen LogP contribution in [0.1, 0.15) is 11.6 Å².